The van der Waals surface area contributed by atoms with Crippen LogP contribution >= 0.6 is 0 Å². The van der Waals surface area contributed by atoms with Gasteiger partial charge in [0, 0.05) is 6.07 Å². The molecule has 0 aliphatic carbocycles. The first-order valence-electron chi connectivity index (χ1n) is 4.83. The summed E-state index contributed by atoms with van der Waals surface area (Å²) in [6.45, 7) is 0.845. The zero-order chi connectivity index (χ0) is 11.5. The third kappa shape index (κ3) is 1.78. The molecule has 0 spiro atoms. The lowest BCUT2D eigenvalue weighted by Gasteiger charge is -2.25. The van der Waals surface area contributed by atoms with E-state index in [-0.39, 0.29) is 0 Å². The molecule has 0 bridgehead atoms. The zero-order valence-corrected chi connectivity index (χ0v) is 9.11. The van der Waals surface area contributed by atoms with Gasteiger partial charge in [-0.1, -0.05) is 0 Å². The first-order chi connectivity index (χ1) is 7.77. The Morgan fingerprint density at radius 2 is 1.88 bits per heavy atom. The molecule has 1 aromatic rings. The Morgan fingerprint density at radius 3 is 2.50 bits per heavy atom. The van der Waals surface area contributed by atoms with Gasteiger partial charge in [-0.3, -0.25) is 0 Å². The number of methoxy groups -OCH3 is 1. The molecule has 1 heterocycles. The Labute approximate surface area is 92.8 Å². The van der Waals surface area contributed by atoms with Crippen LogP contribution < -0.4 is 19.4 Å². The number of nitrogens with one attached hydrogen (secondary N) is 1. The maximum atomic E-state index is 11.5. The number of quaternary nitrogens is 1. The summed E-state index contributed by atoms with van der Waals surface area (Å²) in [4.78, 5) is 4.66. The van der Waals surface area contributed by atoms with Gasteiger partial charge < -0.3 is 19.4 Å². The largest absolute Gasteiger partial charge is 0.595 e. The van der Waals surface area contributed by atoms with E-state index in [1.54, 1.807) is 12.1 Å². The van der Waals surface area contributed by atoms with Gasteiger partial charge in [0.15, 0.2) is 5.75 Å². The van der Waals surface area contributed by atoms with Crippen LogP contribution in [0.5, 0.6) is 17.2 Å². The fourth-order valence-corrected chi connectivity index (χ4v) is 1.54. The van der Waals surface area contributed by atoms with E-state index in [1.165, 1.54) is 14.2 Å². The summed E-state index contributed by atoms with van der Waals surface area (Å²) in [5.74, 6) is 1.39. The van der Waals surface area contributed by atoms with Crippen molar-refractivity contribution >= 4 is 5.69 Å². The second-order valence-electron chi connectivity index (χ2n) is 3.16. The molecular formula is C10H13NO5. The molecule has 6 heteroatoms. The van der Waals surface area contributed by atoms with E-state index in [0.29, 0.717) is 36.1 Å². The molecule has 0 fully saturated rings. The van der Waals surface area contributed by atoms with E-state index in [2.05, 4.69) is 4.84 Å². The van der Waals surface area contributed by atoms with E-state index in [4.69, 9.17) is 14.2 Å². The van der Waals surface area contributed by atoms with E-state index in [1.807, 2.05) is 0 Å². The van der Waals surface area contributed by atoms with Crippen molar-refractivity contribution in [2.45, 2.75) is 0 Å². The molecule has 0 aromatic heterocycles. The Balaban J connectivity index is 2.48. The van der Waals surface area contributed by atoms with Crippen LogP contribution in [0.2, 0.25) is 0 Å². The smallest absolute Gasteiger partial charge is 0.230 e. The molecule has 1 aromatic carbocycles. The molecule has 1 atom stereocenters. The van der Waals surface area contributed by atoms with Gasteiger partial charge in [0.2, 0.25) is 17.2 Å². The molecule has 1 aliphatic heterocycles. The zero-order valence-electron chi connectivity index (χ0n) is 9.11. The summed E-state index contributed by atoms with van der Waals surface area (Å²) in [5.41, 5.74) is 0.345. The van der Waals surface area contributed by atoms with Gasteiger partial charge in [0.25, 0.3) is 0 Å². The average molecular weight is 227 g/mol. The fourth-order valence-electron chi connectivity index (χ4n) is 1.54. The molecule has 0 amide bonds. The van der Waals surface area contributed by atoms with Crippen LogP contribution in [0.1, 0.15) is 0 Å². The number of benzene rings is 1. The SMILES string of the molecule is COc1ccc([NH+]([O-])OC)c2c1OCCO2. The van der Waals surface area contributed by atoms with Gasteiger partial charge in [-0.05, 0) is 6.07 Å². The molecule has 0 saturated heterocycles. The molecule has 2 rings (SSSR count). The predicted molar refractivity (Wildman–Crippen MR) is 55.0 cm³/mol. The van der Waals surface area contributed by atoms with Gasteiger partial charge in [-0.2, -0.15) is 5.23 Å². The molecule has 1 N–H and O–H groups in total. The lowest BCUT2D eigenvalue weighted by molar-refractivity contribution is -0.992. The topological polar surface area (TPSA) is 64.4 Å². The summed E-state index contributed by atoms with van der Waals surface area (Å²) in [6.07, 6.45) is 0. The van der Waals surface area contributed by atoms with E-state index in [9.17, 15) is 5.21 Å². The van der Waals surface area contributed by atoms with Crippen LogP contribution in [-0.2, 0) is 4.84 Å². The van der Waals surface area contributed by atoms with Crippen molar-refractivity contribution in [1.29, 1.82) is 0 Å². The van der Waals surface area contributed by atoms with Crippen molar-refractivity contribution in [2.24, 2.45) is 0 Å². The van der Waals surface area contributed by atoms with Gasteiger partial charge in [0.1, 0.15) is 13.2 Å². The number of fused-ring (bicyclic) bond motifs is 1. The quantitative estimate of drug-likeness (QED) is 0.739. The van der Waals surface area contributed by atoms with Crippen molar-refractivity contribution in [2.75, 3.05) is 27.4 Å². The molecule has 0 radical (unpaired) electrons. The van der Waals surface area contributed by atoms with E-state index in [0.717, 1.165) is 0 Å². The van der Waals surface area contributed by atoms with Crippen molar-refractivity contribution in [1.82, 2.24) is 0 Å². The maximum absolute atomic E-state index is 11.5. The van der Waals surface area contributed by atoms with Crippen LogP contribution in [-0.4, -0.2) is 27.4 Å². The Bertz CT molecular complexity index is 382. The second kappa shape index (κ2) is 4.56. The highest BCUT2D eigenvalue weighted by Crippen LogP contribution is 2.43. The number of hydrogen-bond donors (Lipinski definition) is 1. The second-order valence-corrected chi connectivity index (χ2v) is 3.16. The number of hydrogen-bond acceptors (Lipinski definition) is 5. The minimum Gasteiger partial charge on any atom is -0.595 e. The molecule has 6 nitrogen and oxygen atoms in total. The Kier molecular flexibility index (Phi) is 3.14. The van der Waals surface area contributed by atoms with Crippen molar-refractivity contribution in [3.05, 3.63) is 17.3 Å². The van der Waals surface area contributed by atoms with E-state index < -0.39 is 5.23 Å². The maximum Gasteiger partial charge on any atom is 0.230 e. The molecular weight excluding hydrogens is 214 g/mol. The summed E-state index contributed by atoms with van der Waals surface area (Å²) in [6, 6.07) is 3.25. The van der Waals surface area contributed by atoms with Crippen LogP contribution in [0.15, 0.2) is 12.1 Å². The van der Waals surface area contributed by atoms with Gasteiger partial charge in [-0.25, -0.2) is 4.84 Å². The first-order valence-corrected chi connectivity index (χ1v) is 4.83. The average Bonchev–Trinajstić information content (AvgIpc) is 2.36. The van der Waals surface area contributed by atoms with Crippen LogP contribution in [0.25, 0.3) is 0 Å². The lowest BCUT2D eigenvalue weighted by atomic mass is 10.2. The summed E-state index contributed by atoms with van der Waals surface area (Å²) < 4.78 is 16.0. The van der Waals surface area contributed by atoms with Gasteiger partial charge in [-0.15, -0.1) is 0 Å². The van der Waals surface area contributed by atoms with E-state index >= 15 is 0 Å². The highest BCUT2D eigenvalue weighted by atomic mass is 16.9. The van der Waals surface area contributed by atoms with Crippen molar-refractivity contribution in [3.63, 3.8) is 0 Å². The number of rotatable bonds is 3. The van der Waals surface area contributed by atoms with Crippen LogP contribution in [0.4, 0.5) is 5.69 Å². The molecule has 88 valence electrons. The standard InChI is InChI=1S/C10H13NO5/c1-13-8-4-3-7(11(12)14-2)9-10(8)16-6-5-15-9/h3-4,11H,5-6H2,1-2H3. The highest BCUT2D eigenvalue weighted by molar-refractivity contribution is 5.62. The third-order valence-corrected chi connectivity index (χ3v) is 2.28. The van der Waals surface area contributed by atoms with Gasteiger partial charge >= 0.3 is 0 Å². The summed E-state index contributed by atoms with van der Waals surface area (Å²) in [7, 11) is 2.86. The summed E-state index contributed by atoms with van der Waals surface area (Å²) in [5, 5.41) is 11.0. The molecule has 16 heavy (non-hydrogen) atoms. The van der Waals surface area contributed by atoms with Crippen molar-refractivity contribution < 1.29 is 24.3 Å². The normalized spacial score (nSPS) is 15.7. The monoisotopic (exact) mass is 227 g/mol. The molecule has 0 saturated carbocycles. The first kappa shape index (κ1) is 11.0. The fraction of sp³-hybridized carbons (Fsp3) is 0.400. The Morgan fingerprint density at radius 1 is 1.19 bits per heavy atom. The van der Waals surface area contributed by atoms with Crippen LogP contribution in [0, 0.1) is 5.21 Å². The van der Waals surface area contributed by atoms with Crippen molar-refractivity contribution in [3.8, 4) is 17.2 Å². The minimum absolute atomic E-state index is 0.345. The Hall–Kier alpha value is -1.50. The summed E-state index contributed by atoms with van der Waals surface area (Å²) >= 11 is 0. The molecule has 1 aliphatic rings. The highest BCUT2D eigenvalue weighted by Gasteiger charge is 2.25. The predicted octanol–water partition coefficient (Wildman–Crippen LogP) is 0.0420. The lowest BCUT2D eigenvalue weighted by Crippen LogP contribution is -3.00. The number of ether oxygens (including phenoxy) is 3. The third-order valence-electron chi connectivity index (χ3n) is 2.28. The minimum atomic E-state index is -0.454. The molecule has 1 unspecified atom stereocenters. The van der Waals surface area contributed by atoms with Crippen LogP contribution in [0.3, 0.4) is 0 Å². The van der Waals surface area contributed by atoms with Gasteiger partial charge in [0.05, 0.1) is 14.2 Å².